The van der Waals surface area contributed by atoms with E-state index in [0.29, 0.717) is 6.07 Å². The van der Waals surface area contributed by atoms with Crippen molar-refractivity contribution < 1.29 is 13.6 Å². The molecule has 1 aromatic carbocycles. The molecule has 2 rings (SSSR count). The van der Waals surface area contributed by atoms with Crippen LogP contribution in [-0.4, -0.2) is 10.9 Å². The number of nitriles is 1. The van der Waals surface area contributed by atoms with Crippen LogP contribution in [-0.2, 0) is 0 Å². The van der Waals surface area contributed by atoms with Crippen molar-refractivity contribution in [2.45, 2.75) is 0 Å². The number of nitrogens with zero attached hydrogens (tertiary/aromatic N) is 2. The quantitative estimate of drug-likeness (QED) is 0.925. The lowest BCUT2D eigenvalue weighted by Gasteiger charge is -2.08. The average molecular weight is 294 g/mol. The topological polar surface area (TPSA) is 65.8 Å². The van der Waals surface area contributed by atoms with E-state index in [9.17, 15) is 13.6 Å². The Balaban J connectivity index is 2.26. The molecule has 2 aromatic rings. The monoisotopic (exact) mass is 293 g/mol. The number of pyridine rings is 1. The normalized spacial score (nSPS) is 9.90. The van der Waals surface area contributed by atoms with E-state index >= 15 is 0 Å². The first-order valence-corrected chi connectivity index (χ1v) is 5.71. The molecule has 7 heteroatoms. The summed E-state index contributed by atoms with van der Waals surface area (Å²) in [6.45, 7) is 0. The Morgan fingerprint density at radius 2 is 2.10 bits per heavy atom. The minimum absolute atomic E-state index is 0.0243. The zero-order valence-electron chi connectivity index (χ0n) is 9.82. The first-order chi connectivity index (χ1) is 9.51. The molecule has 0 unspecified atom stereocenters. The number of anilines is 1. The predicted octanol–water partition coefficient (Wildman–Crippen LogP) is 3.14. The summed E-state index contributed by atoms with van der Waals surface area (Å²) in [5.74, 6) is -2.55. The Morgan fingerprint density at radius 3 is 2.65 bits per heavy atom. The molecule has 0 saturated carbocycles. The van der Waals surface area contributed by atoms with Gasteiger partial charge in [0.15, 0.2) is 5.82 Å². The number of hydrogen-bond donors (Lipinski definition) is 1. The second kappa shape index (κ2) is 5.63. The highest BCUT2D eigenvalue weighted by atomic mass is 35.5. The smallest absolute Gasteiger partial charge is 0.274 e. The van der Waals surface area contributed by atoms with Crippen molar-refractivity contribution in [1.82, 2.24) is 4.98 Å². The molecule has 4 nitrogen and oxygen atoms in total. The van der Waals surface area contributed by atoms with Crippen molar-refractivity contribution in [1.29, 1.82) is 5.26 Å². The molecule has 0 aliphatic carbocycles. The first-order valence-electron chi connectivity index (χ1n) is 5.33. The van der Waals surface area contributed by atoms with Crippen LogP contribution in [0.15, 0.2) is 30.5 Å². The summed E-state index contributed by atoms with van der Waals surface area (Å²) in [6, 6.07) is 6.04. The van der Waals surface area contributed by atoms with Gasteiger partial charge < -0.3 is 5.32 Å². The number of aromatic nitrogens is 1. The summed E-state index contributed by atoms with van der Waals surface area (Å²) >= 11 is 5.66. The molecule has 0 atom stereocenters. The SMILES string of the molecule is N#Cc1ccc(C(=O)Nc2c(F)cc(F)cc2Cl)nc1. The van der Waals surface area contributed by atoms with E-state index in [1.54, 1.807) is 0 Å². The minimum Gasteiger partial charge on any atom is -0.317 e. The lowest BCUT2D eigenvalue weighted by molar-refractivity contribution is 0.102. The van der Waals surface area contributed by atoms with E-state index in [4.69, 9.17) is 16.9 Å². The molecule has 0 bridgehead atoms. The number of nitrogens with one attached hydrogen (secondary N) is 1. The molecule has 0 radical (unpaired) electrons. The second-order valence-electron chi connectivity index (χ2n) is 3.74. The fourth-order valence-corrected chi connectivity index (χ4v) is 1.68. The van der Waals surface area contributed by atoms with E-state index in [1.165, 1.54) is 18.3 Å². The van der Waals surface area contributed by atoms with Gasteiger partial charge in [0, 0.05) is 12.3 Å². The Bertz CT molecular complexity index is 688. The minimum atomic E-state index is -0.989. The largest absolute Gasteiger partial charge is 0.317 e. The van der Waals surface area contributed by atoms with Crippen molar-refractivity contribution >= 4 is 23.2 Å². The Labute approximate surface area is 117 Å². The molecule has 0 saturated heterocycles. The van der Waals surface area contributed by atoms with E-state index < -0.39 is 17.5 Å². The molecule has 1 amide bonds. The van der Waals surface area contributed by atoms with Gasteiger partial charge in [-0.3, -0.25) is 4.79 Å². The molecule has 0 aliphatic rings. The molecule has 1 heterocycles. The molecule has 1 N–H and O–H groups in total. The van der Waals surface area contributed by atoms with Crippen LogP contribution in [0.3, 0.4) is 0 Å². The third-order valence-corrected chi connectivity index (χ3v) is 2.67. The van der Waals surface area contributed by atoms with Crippen LogP contribution >= 0.6 is 11.6 Å². The highest BCUT2D eigenvalue weighted by Gasteiger charge is 2.15. The van der Waals surface area contributed by atoms with Crippen LogP contribution in [0.4, 0.5) is 14.5 Å². The summed E-state index contributed by atoms with van der Waals surface area (Å²) in [5, 5.41) is 10.5. The van der Waals surface area contributed by atoms with Gasteiger partial charge in [-0.15, -0.1) is 0 Å². The molecule has 0 spiro atoms. The number of rotatable bonds is 2. The highest BCUT2D eigenvalue weighted by molar-refractivity contribution is 6.33. The van der Waals surface area contributed by atoms with E-state index in [-0.39, 0.29) is 22.0 Å². The van der Waals surface area contributed by atoms with E-state index in [0.717, 1.165) is 6.07 Å². The van der Waals surface area contributed by atoms with Gasteiger partial charge in [0.2, 0.25) is 0 Å². The fourth-order valence-electron chi connectivity index (χ4n) is 1.43. The van der Waals surface area contributed by atoms with Crippen LogP contribution in [0.1, 0.15) is 16.1 Å². The van der Waals surface area contributed by atoms with Gasteiger partial charge in [-0.05, 0) is 18.2 Å². The fraction of sp³-hybridized carbons (Fsp3) is 0. The Hall–Kier alpha value is -2.52. The van der Waals surface area contributed by atoms with Crippen LogP contribution in [0, 0.1) is 23.0 Å². The maximum Gasteiger partial charge on any atom is 0.274 e. The summed E-state index contributed by atoms with van der Waals surface area (Å²) in [6.07, 6.45) is 1.21. The van der Waals surface area contributed by atoms with Crippen LogP contribution in [0.2, 0.25) is 5.02 Å². The third kappa shape index (κ3) is 2.90. The van der Waals surface area contributed by atoms with Gasteiger partial charge in [-0.25, -0.2) is 13.8 Å². The van der Waals surface area contributed by atoms with Crippen molar-refractivity contribution in [2.24, 2.45) is 0 Å². The summed E-state index contributed by atoms with van der Waals surface area (Å²) in [5.41, 5.74) is -0.0689. The zero-order chi connectivity index (χ0) is 14.7. The first kappa shape index (κ1) is 13.9. The molecular formula is C13H6ClF2N3O. The lowest BCUT2D eigenvalue weighted by atomic mass is 10.2. The van der Waals surface area contributed by atoms with Crippen LogP contribution in [0.5, 0.6) is 0 Å². The second-order valence-corrected chi connectivity index (χ2v) is 4.15. The van der Waals surface area contributed by atoms with Gasteiger partial charge >= 0.3 is 0 Å². The van der Waals surface area contributed by atoms with Gasteiger partial charge in [0.1, 0.15) is 17.6 Å². The number of carbonyl (C=O) groups excluding carboxylic acids is 1. The lowest BCUT2D eigenvalue weighted by Crippen LogP contribution is -2.15. The standard InChI is InChI=1S/C13H6ClF2N3O/c14-9-3-8(15)4-10(16)12(9)19-13(20)11-2-1-7(5-17)6-18-11/h1-4,6H,(H,19,20). The number of amides is 1. The average Bonchev–Trinajstić information content (AvgIpc) is 2.42. The zero-order valence-corrected chi connectivity index (χ0v) is 10.6. The number of benzene rings is 1. The number of hydrogen-bond acceptors (Lipinski definition) is 3. The maximum absolute atomic E-state index is 13.5. The van der Waals surface area contributed by atoms with Gasteiger partial charge in [-0.2, -0.15) is 5.26 Å². The van der Waals surface area contributed by atoms with Crippen molar-refractivity contribution in [3.63, 3.8) is 0 Å². The third-order valence-electron chi connectivity index (χ3n) is 2.37. The van der Waals surface area contributed by atoms with Crippen molar-refractivity contribution in [2.75, 3.05) is 5.32 Å². The Morgan fingerprint density at radius 1 is 1.35 bits per heavy atom. The molecule has 100 valence electrons. The summed E-state index contributed by atoms with van der Waals surface area (Å²) in [7, 11) is 0. The molecule has 20 heavy (non-hydrogen) atoms. The van der Waals surface area contributed by atoms with Crippen molar-refractivity contribution in [3.05, 3.63) is 58.4 Å². The van der Waals surface area contributed by atoms with Gasteiger partial charge in [-0.1, -0.05) is 11.6 Å². The number of halogens is 3. The maximum atomic E-state index is 13.5. The van der Waals surface area contributed by atoms with E-state index in [2.05, 4.69) is 10.3 Å². The Kier molecular flexibility index (Phi) is 3.91. The van der Waals surface area contributed by atoms with Crippen LogP contribution < -0.4 is 5.32 Å². The van der Waals surface area contributed by atoms with E-state index in [1.807, 2.05) is 6.07 Å². The van der Waals surface area contributed by atoms with Crippen LogP contribution in [0.25, 0.3) is 0 Å². The summed E-state index contributed by atoms with van der Waals surface area (Å²) in [4.78, 5) is 15.6. The molecule has 0 aliphatic heterocycles. The summed E-state index contributed by atoms with van der Waals surface area (Å²) < 4.78 is 26.4. The predicted molar refractivity (Wildman–Crippen MR) is 68.3 cm³/mol. The van der Waals surface area contributed by atoms with Gasteiger partial charge in [0.05, 0.1) is 16.3 Å². The van der Waals surface area contributed by atoms with Crippen molar-refractivity contribution in [3.8, 4) is 6.07 Å². The molecule has 0 fully saturated rings. The number of carbonyl (C=O) groups is 1. The van der Waals surface area contributed by atoms with Gasteiger partial charge in [0.25, 0.3) is 5.91 Å². The molecule has 1 aromatic heterocycles. The molecular weight excluding hydrogens is 288 g/mol. The highest BCUT2D eigenvalue weighted by Crippen LogP contribution is 2.26.